The van der Waals surface area contributed by atoms with Gasteiger partial charge in [-0.15, -0.1) is 0 Å². The average molecular weight is 332 g/mol. The van der Waals surface area contributed by atoms with Crippen LogP contribution in [-0.4, -0.2) is 26.6 Å². The maximum absolute atomic E-state index is 12.4. The van der Waals surface area contributed by atoms with Crippen LogP contribution in [0.4, 0.5) is 5.69 Å². The van der Waals surface area contributed by atoms with Crippen LogP contribution in [0.1, 0.15) is 15.9 Å². The van der Waals surface area contributed by atoms with E-state index in [-0.39, 0.29) is 27.5 Å². The third kappa shape index (κ3) is 3.59. The number of carboxylic acid groups (broad SMARTS) is 1. The van der Waals surface area contributed by atoms with Gasteiger partial charge in [0, 0.05) is 5.69 Å². The first-order valence-corrected chi connectivity index (χ1v) is 7.80. The van der Waals surface area contributed by atoms with Gasteiger partial charge < -0.3 is 9.84 Å². The molecule has 0 aliphatic carbocycles. The van der Waals surface area contributed by atoms with Gasteiger partial charge in [-0.1, -0.05) is 6.07 Å². The van der Waals surface area contributed by atoms with Crippen LogP contribution in [0, 0.1) is 11.3 Å². The van der Waals surface area contributed by atoms with Crippen LogP contribution in [0.15, 0.2) is 47.4 Å². The van der Waals surface area contributed by atoms with Crippen molar-refractivity contribution in [1.29, 1.82) is 5.26 Å². The molecule has 2 aromatic carbocycles. The Morgan fingerprint density at radius 1 is 1.26 bits per heavy atom. The molecular weight excluding hydrogens is 320 g/mol. The molecule has 0 bridgehead atoms. The minimum absolute atomic E-state index is 0.0194. The zero-order valence-corrected chi connectivity index (χ0v) is 12.8. The SMILES string of the molecule is COc1cc(C#N)ccc1S(=O)(=O)Nc1cccc(C(=O)O)c1. The number of carbonyl (C=O) groups is 1. The number of hydrogen-bond donors (Lipinski definition) is 2. The number of benzene rings is 2. The summed E-state index contributed by atoms with van der Waals surface area (Å²) in [7, 11) is -2.71. The molecule has 0 heterocycles. The minimum atomic E-state index is -4.00. The van der Waals surface area contributed by atoms with E-state index in [0.717, 1.165) is 0 Å². The summed E-state index contributed by atoms with van der Waals surface area (Å²) in [5.74, 6) is -1.15. The molecule has 0 radical (unpaired) electrons. The second kappa shape index (κ2) is 6.37. The van der Waals surface area contributed by atoms with Gasteiger partial charge in [-0.05, 0) is 36.4 Å². The Morgan fingerprint density at radius 3 is 2.61 bits per heavy atom. The van der Waals surface area contributed by atoms with Crippen molar-refractivity contribution in [2.75, 3.05) is 11.8 Å². The van der Waals surface area contributed by atoms with E-state index in [1.165, 1.54) is 49.6 Å². The fraction of sp³-hybridized carbons (Fsp3) is 0.0667. The van der Waals surface area contributed by atoms with Gasteiger partial charge in [0.25, 0.3) is 10.0 Å². The molecule has 0 amide bonds. The molecule has 2 N–H and O–H groups in total. The van der Waals surface area contributed by atoms with Crippen molar-refractivity contribution in [2.24, 2.45) is 0 Å². The summed E-state index contributed by atoms with van der Waals surface area (Å²) >= 11 is 0. The van der Waals surface area contributed by atoms with Crippen LogP contribution in [-0.2, 0) is 10.0 Å². The van der Waals surface area contributed by atoms with Crippen molar-refractivity contribution in [1.82, 2.24) is 0 Å². The molecule has 0 aliphatic rings. The number of nitriles is 1. The zero-order valence-electron chi connectivity index (χ0n) is 12.0. The molecule has 118 valence electrons. The molecular formula is C15H12N2O5S. The van der Waals surface area contributed by atoms with E-state index >= 15 is 0 Å². The maximum atomic E-state index is 12.4. The molecule has 23 heavy (non-hydrogen) atoms. The zero-order chi connectivity index (χ0) is 17.0. The van der Waals surface area contributed by atoms with Gasteiger partial charge in [0.15, 0.2) is 0 Å². The van der Waals surface area contributed by atoms with Crippen LogP contribution in [0.5, 0.6) is 5.75 Å². The molecule has 0 fully saturated rings. The lowest BCUT2D eigenvalue weighted by Gasteiger charge is -2.12. The fourth-order valence-electron chi connectivity index (χ4n) is 1.88. The molecule has 2 aromatic rings. The second-order valence-electron chi connectivity index (χ2n) is 4.47. The van der Waals surface area contributed by atoms with Gasteiger partial charge in [-0.25, -0.2) is 13.2 Å². The summed E-state index contributed by atoms with van der Waals surface area (Å²) in [6, 6.07) is 11.2. The summed E-state index contributed by atoms with van der Waals surface area (Å²) < 4.78 is 32.2. The number of carboxylic acids is 1. The molecule has 0 aromatic heterocycles. The molecule has 0 atom stereocenters. The Morgan fingerprint density at radius 2 is 2.00 bits per heavy atom. The van der Waals surface area contributed by atoms with Crippen molar-refractivity contribution < 1.29 is 23.1 Å². The number of nitrogens with one attached hydrogen (secondary N) is 1. The van der Waals surface area contributed by atoms with Crippen molar-refractivity contribution in [3.63, 3.8) is 0 Å². The molecule has 0 saturated carbocycles. The van der Waals surface area contributed by atoms with E-state index < -0.39 is 16.0 Å². The molecule has 7 nitrogen and oxygen atoms in total. The van der Waals surface area contributed by atoms with E-state index in [9.17, 15) is 13.2 Å². The highest BCUT2D eigenvalue weighted by Gasteiger charge is 2.20. The first-order valence-electron chi connectivity index (χ1n) is 6.31. The highest BCUT2D eigenvalue weighted by Crippen LogP contribution is 2.27. The summed E-state index contributed by atoms with van der Waals surface area (Å²) in [6.45, 7) is 0. The van der Waals surface area contributed by atoms with Crippen LogP contribution >= 0.6 is 0 Å². The lowest BCUT2D eigenvalue weighted by Crippen LogP contribution is -2.14. The summed E-state index contributed by atoms with van der Waals surface area (Å²) in [4.78, 5) is 10.8. The molecule has 0 aliphatic heterocycles. The van der Waals surface area contributed by atoms with Gasteiger partial charge in [0.1, 0.15) is 10.6 Å². The van der Waals surface area contributed by atoms with Crippen molar-refractivity contribution >= 4 is 21.7 Å². The number of methoxy groups -OCH3 is 1. The van der Waals surface area contributed by atoms with E-state index in [4.69, 9.17) is 15.1 Å². The van der Waals surface area contributed by atoms with E-state index in [1.807, 2.05) is 6.07 Å². The second-order valence-corrected chi connectivity index (χ2v) is 6.12. The fourth-order valence-corrected chi connectivity index (χ4v) is 3.09. The van der Waals surface area contributed by atoms with Gasteiger partial charge in [-0.3, -0.25) is 4.72 Å². The summed E-state index contributed by atoms with van der Waals surface area (Å²) in [5, 5.41) is 17.8. The third-order valence-electron chi connectivity index (χ3n) is 2.94. The van der Waals surface area contributed by atoms with Crippen molar-refractivity contribution in [2.45, 2.75) is 4.90 Å². The molecule has 0 spiro atoms. The topological polar surface area (TPSA) is 116 Å². The van der Waals surface area contributed by atoms with Gasteiger partial charge in [0.2, 0.25) is 0 Å². The lowest BCUT2D eigenvalue weighted by atomic mass is 10.2. The number of nitrogens with zero attached hydrogens (tertiary/aromatic N) is 1. The number of aromatic carboxylic acids is 1. The Balaban J connectivity index is 2.42. The number of rotatable bonds is 5. The summed E-state index contributed by atoms with van der Waals surface area (Å²) in [5.41, 5.74) is 0.321. The van der Waals surface area contributed by atoms with Crippen molar-refractivity contribution in [3.8, 4) is 11.8 Å². The number of anilines is 1. The lowest BCUT2D eigenvalue weighted by molar-refractivity contribution is 0.0697. The van der Waals surface area contributed by atoms with Crippen LogP contribution < -0.4 is 9.46 Å². The van der Waals surface area contributed by atoms with Crippen LogP contribution in [0.2, 0.25) is 0 Å². The smallest absolute Gasteiger partial charge is 0.335 e. The normalized spacial score (nSPS) is 10.6. The molecule has 0 unspecified atom stereocenters. The predicted molar refractivity (Wildman–Crippen MR) is 81.9 cm³/mol. The Kier molecular flexibility index (Phi) is 4.52. The van der Waals surface area contributed by atoms with Crippen LogP contribution in [0.25, 0.3) is 0 Å². The number of ether oxygens (including phenoxy) is 1. The third-order valence-corrected chi connectivity index (χ3v) is 4.36. The highest BCUT2D eigenvalue weighted by molar-refractivity contribution is 7.92. The molecule has 2 rings (SSSR count). The highest BCUT2D eigenvalue weighted by atomic mass is 32.2. The van der Waals surface area contributed by atoms with E-state index in [0.29, 0.717) is 0 Å². The quantitative estimate of drug-likeness (QED) is 0.865. The van der Waals surface area contributed by atoms with E-state index in [2.05, 4.69) is 4.72 Å². The van der Waals surface area contributed by atoms with Gasteiger partial charge >= 0.3 is 5.97 Å². The monoisotopic (exact) mass is 332 g/mol. The Labute approximate surface area is 132 Å². The standard InChI is InChI=1S/C15H12N2O5S/c1-22-13-7-10(9-16)5-6-14(13)23(20,21)17-12-4-2-3-11(8-12)15(18)19/h2-8,17H,1H3,(H,18,19). The van der Waals surface area contributed by atoms with Crippen LogP contribution in [0.3, 0.4) is 0 Å². The first kappa shape index (κ1) is 16.3. The summed E-state index contributed by atoms with van der Waals surface area (Å²) in [6.07, 6.45) is 0. The minimum Gasteiger partial charge on any atom is -0.495 e. The Bertz CT molecular complexity index is 900. The molecule has 8 heteroatoms. The molecule has 0 saturated heterocycles. The van der Waals surface area contributed by atoms with Crippen molar-refractivity contribution in [3.05, 3.63) is 53.6 Å². The average Bonchev–Trinajstić information content (AvgIpc) is 2.53. The van der Waals surface area contributed by atoms with Gasteiger partial charge in [-0.2, -0.15) is 5.26 Å². The Hall–Kier alpha value is -3.05. The predicted octanol–water partition coefficient (Wildman–Crippen LogP) is 2.07. The number of sulfonamides is 1. The number of hydrogen-bond acceptors (Lipinski definition) is 5. The maximum Gasteiger partial charge on any atom is 0.335 e. The largest absolute Gasteiger partial charge is 0.495 e. The first-order chi connectivity index (χ1) is 10.9. The van der Waals surface area contributed by atoms with E-state index in [1.54, 1.807) is 0 Å². The van der Waals surface area contributed by atoms with Gasteiger partial charge in [0.05, 0.1) is 24.3 Å².